The Balaban J connectivity index is 1.26. The first-order chi connectivity index (χ1) is 13.6. The molecule has 3 amide bonds. The summed E-state index contributed by atoms with van der Waals surface area (Å²) >= 11 is 0. The van der Waals surface area contributed by atoms with Gasteiger partial charge in [0.1, 0.15) is 18.5 Å². The number of carbonyl (C=O) groups excluding carboxylic acids is 2. The topological polar surface area (TPSA) is 89.1 Å². The van der Waals surface area contributed by atoms with Crippen molar-refractivity contribution >= 4 is 23.3 Å². The molecule has 0 fully saturated rings. The number of urea groups is 1. The molecule has 2 N–H and O–H groups in total. The van der Waals surface area contributed by atoms with Crippen LogP contribution < -0.4 is 29.7 Å². The molecule has 0 bridgehead atoms. The highest BCUT2D eigenvalue weighted by molar-refractivity contribution is 5.98. The minimum Gasteiger partial charge on any atom is -0.486 e. The molecule has 4 rings (SSSR count). The van der Waals surface area contributed by atoms with Crippen LogP contribution in [0.15, 0.2) is 42.5 Å². The Labute approximate surface area is 162 Å². The van der Waals surface area contributed by atoms with Crippen LogP contribution in [0.1, 0.15) is 6.42 Å². The van der Waals surface area contributed by atoms with Crippen molar-refractivity contribution in [3.63, 3.8) is 0 Å². The minimum atomic E-state index is -0.322. The average Bonchev–Trinajstić information content (AvgIpc) is 2.71. The highest BCUT2D eigenvalue weighted by Gasteiger charge is 2.23. The summed E-state index contributed by atoms with van der Waals surface area (Å²) in [6.07, 6.45) is 0.516. The van der Waals surface area contributed by atoms with Gasteiger partial charge in [-0.15, -0.1) is 0 Å². The fraction of sp³-hybridized carbons (Fsp3) is 0.300. The van der Waals surface area contributed by atoms with Gasteiger partial charge in [-0.1, -0.05) is 12.1 Å². The van der Waals surface area contributed by atoms with E-state index in [1.54, 1.807) is 25.2 Å². The molecule has 2 aliphatic rings. The molecular weight excluding hydrogens is 362 g/mol. The van der Waals surface area contributed by atoms with Gasteiger partial charge in [0.05, 0.1) is 5.69 Å². The Kier molecular flexibility index (Phi) is 4.92. The van der Waals surface area contributed by atoms with E-state index < -0.39 is 0 Å². The Morgan fingerprint density at radius 1 is 1.14 bits per heavy atom. The average molecular weight is 383 g/mol. The maximum atomic E-state index is 12.1. The number of para-hydroxylation sites is 2. The predicted octanol–water partition coefficient (Wildman–Crippen LogP) is 2.39. The number of nitrogens with one attached hydrogen (secondary N) is 2. The van der Waals surface area contributed by atoms with Crippen LogP contribution >= 0.6 is 0 Å². The number of anilines is 2. The molecule has 28 heavy (non-hydrogen) atoms. The third-order valence-electron chi connectivity index (χ3n) is 4.62. The molecule has 146 valence electrons. The quantitative estimate of drug-likeness (QED) is 0.846. The van der Waals surface area contributed by atoms with Gasteiger partial charge in [-0.3, -0.25) is 4.79 Å². The van der Waals surface area contributed by atoms with E-state index in [1.807, 2.05) is 24.3 Å². The van der Waals surface area contributed by atoms with Crippen molar-refractivity contribution in [2.24, 2.45) is 0 Å². The van der Waals surface area contributed by atoms with Crippen LogP contribution in [0.4, 0.5) is 16.2 Å². The first kappa shape index (κ1) is 18.0. The molecule has 0 radical (unpaired) electrons. The number of rotatable bonds is 4. The number of nitrogens with zero attached hydrogens (tertiary/aromatic N) is 1. The van der Waals surface area contributed by atoms with Gasteiger partial charge in [0.2, 0.25) is 0 Å². The lowest BCUT2D eigenvalue weighted by Gasteiger charge is -2.26. The van der Waals surface area contributed by atoms with Crippen LogP contribution in [0.2, 0.25) is 0 Å². The van der Waals surface area contributed by atoms with Crippen molar-refractivity contribution in [3.8, 4) is 17.2 Å². The molecule has 2 aromatic carbocycles. The SMILES string of the molecule is CN1C(=O)COc2cc(NC(=O)NCC[C@H]3COc4ccccc4O3)ccc21. The maximum absolute atomic E-state index is 12.1. The lowest BCUT2D eigenvalue weighted by atomic mass is 10.2. The second-order valence-corrected chi connectivity index (χ2v) is 6.59. The summed E-state index contributed by atoms with van der Waals surface area (Å²) in [7, 11) is 1.69. The van der Waals surface area contributed by atoms with Crippen LogP contribution in [-0.2, 0) is 4.79 Å². The van der Waals surface area contributed by atoms with Gasteiger partial charge in [0.25, 0.3) is 5.91 Å². The first-order valence-corrected chi connectivity index (χ1v) is 9.07. The van der Waals surface area contributed by atoms with Gasteiger partial charge < -0.3 is 29.7 Å². The van der Waals surface area contributed by atoms with E-state index in [-0.39, 0.29) is 24.6 Å². The lowest BCUT2D eigenvalue weighted by molar-refractivity contribution is -0.120. The summed E-state index contributed by atoms with van der Waals surface area (Å²) in [6.45, 7) is 0.890. The van der Waals surface area contributed by atoms with Gasteiger partial charge >= 0.3 is 6.03 Å². The summed E-state index contributed by atoms with van der Waals surface area (Å²) in [4.78, 5) is 25.3. The fourth-order valence-electron chi connectivity index (χ4n) is 3.08. The summed E-state index contributed by atoms with van der Waals surface area (Å²) in [6, 6.07) is 12.4. The molecule has 0 aromatic heterocycles. The zero-order valence-electron chi connectivity index (χ0n) is 15.4. The highest BCUT2D eigenvalue weighted by atomic mass is 16.6. The number of amides is 3. The predicted molar refractivity (Wildman–Crippen MR) is 103 cm³/mol. The van der Waals surface area contributed by atoms with Crippen LogP contribution in [0, 0.1) is 0 Å². The molecule has 0 unspecified atom stereocenters. The lowest BCUT2D eigenvalue weighted by Crippen LogP contribution is -2.36. The third kappa shape index (κ3) is 3.80. The normalized spacial score (nSPS) is 17.4. The largest absolute Gasteiger partial charge is 0.486 e. The van der Waals surface area contributed by atoms with E-state index in [9.17, 15) is 9.59 Å². The number of hydrogen-bond donors (Lipinski definition) is 2. The van der Waals surface area contributed by atoms with Crippen LogP contribution in [0.25, 0.3) is 0 Å². The fourth-order valence-corrected chi connectivity index (χ4v) is 3.08. The number of ether oxygens (including phenoxy) is 3. The number of carbonyl (C=O) groups is 2. The molecule has 0 saturated carbocycles. The van der Waals surface area contributed by atoms with Crippen molar-refractivity contribution in [3.05, 3.63) is 42.5 Å². The monoisotopic (exact) mass is 383 g/mol. The molecule has 0 aliphatic carbocycles. The molecule has 8 heteroatoms. The van der Waals surface area contributed by atoms with Crippen LogP contribution in [-0.4, -0.2) is 44.8 Å². The van der Waals surface area contributed by atoms with E-state index in [0.29, 0.717) is 36.7 Å². The van der Waals surface area contributed by atoms with Crippen LogP contribution in [0.5, 0.6) is 17.2 Å². The second kappa shape index (κ2) is 7.67. The molecule has 2 aromatic rings. The van der Waals surface area contributed by atoms with Gasteiger partial charge in [-0.2, -0.15) is 0 Å². The standard InChI is InChI=1S/C20H21N3O5/c1-23-15-7-6-13(10-18(15)27-12-19(23)24)22-20(25)21-9-8-14-11-26-16-4-2-3-5-17(16)28-14/h2-7,10,14H,8-9,11-12H2,1H3,(H2,21,22,25)/t14-/m0/s1. The number of hydrogen-bond acceptors (Lipinski definition) is 5. The molecule has 2 aliphatic heterocycles. The van der Waals surface area contributed by atoms with Gasteiger partial charge in [-0.25, -0.2) is 4.79 Å². The molecule has 1 atom stereocenters. The van der Waals surface area contributed by atoms with Crippen molar-refractivity contribution < 1.29 is 23.8 Å². The summed E-state index contributed by atoms with van der Waals surface area (Å²) in [5, 5.41) is 5.57. The summed E-state index contributed by atoms with van der Waals surface area (Å²) < 4.78 is 17.0. The highest BCUT2D eigenvalue weighted by Crippen LogP contribution is 2.33. The maximum Gasteiger partial charge on any atom is 0.319 e. The Morgan fingerprint density at radius 3 is 2.82 bits per heavy atom. The van der Waals surface area contributed by atoms with Gasteiger partial charge in [-0.05, 0) is 24.3 Å². The first-order valence-electron chi connectivity index (χ1n) is 9.07. The zero-order chi connectivity index (χ0) is 19.5. The Bertz CT molecular complexity index is 901. The van der Waals surface area contributed by atoms with Crippen molar-refractivity contribution in [1.82, 2.24) is 5.32 Å². The van der Waals surface area contributed by atoms with Gasteiger partial charge in [0.15, 0.2) is 18.1 Å². The number of likely N-dealkylation sites (N-methyl/N-ethyl adjacent to an activating group) is 1. The minimum absolute atomic E-state index is 0.00820. The van der Waals surface area contributed by atoms with E-state index in [2.05, 4.69) is 10.6 Å². The second-order valence-electron chi connectivity index (χ2n) is 6.59. The van der Waals surface area contributed by atoms with Crippen molar-refractivity contribution in [2.75, 3.05) is 37.0 Å². The smallest absolute Gasteiger partial charge is 0.319 e. The number of benzene rings is 2. The number of fused-ring (bicyclic) bond motifs is 2. The van der Waals surface area contributed by atoms with Crippen molar-refractivity contribution in [1.29, 1.82) is 0 Å². The van der Waals surface area contributed by atoms with Gasteiger partial charge in [0, 0.05) is 31.8 Å². The van der Waals surface area contributed by atoms with E-state index in [4.69, 9.17) is 14.2 Å². The molecule has 0 saturated heterocycles. The molecule has 8 nitrogen and oxygen atoms in total. The van der Waals surface area contributed by atoms with E-state index >= 15 is 0 Å². The Hall–Kier alpha value is -3.42. The van der Waals surface area contributed by atoms with E-state index in [1.165, 1.54) is 4.90 Å². The van der Waals surface area contributed by atoms with E-state index in [0.717, 1.165) is 11.5 Å². The molecule has 0 spiro atoms. The summed E-state index contributed by atoms with van der Waals surface area (Å²) in [5.74, 6) is 1.92. The summed E-state index contributed by atoms with van der Waals surface area (Å²) in [5.41, 5.74) is 1.27. The zero-order valence-corrected chi connectivity index (χ0v) is 15.4. The third-order valence-corrected chi connectivity index (χ3v) is 4.62. The molecule has 2 heterocycles. The van der Waals surface area contributed by atoms with Crippen LogP contribution in [0.3, 0.4) is 0 Å². The van der Waals surface area contributed by atoms with Crippen molar-refractivity contribution in [2.45, 2.75) is 12.5 Å². The molecular formula is C20H21N3O5. The Morgan fingerprint density at radius 2 is 1.96 bits per heavy atom.